The summed E-state index contributed by atoms with van der Waals surface area (Å²) in [6, 6.07) is 7.65. The average molecular weight is 280 g/mol. The van der Waals surface area contributed by atoms with Gasteiger partial charge < -0.3 is 14.6 Å². The Hall–Kier alpha value is -1.43. The highest BCUT2D eigenvalue weighted by Gasteiger charge is 2.21. The van der Waals surface area contributed by atoms with Gasteiger partial charge in [0.2, 0.25) is 5.89 Å². The van der Waals surface area contributed by atoms with Gasteiger partial charge in [0.05, 0.1) is 25.7 Å². The number of hydrogen-bond acceptors (Lipinski definition) is 5. The van der Waals surface area contributed by atoms with Gasteiger partial charge in [0.1, 0.15) is 0 Å². The van der Waals surface area contributed by atoms with Gasteiger partial charge in [0.15, 0.2) is 5.82 Å². The number of halogens is 1. The lowest BCUT2D eigenvalue weighted by Gasteiger charge is -2.20. The van der Waals surface area contributed by atoms with Crippen molar-refractivity contribution in [2.45, 2.75) is 12.5 Å². The topological polar surface area (TPSA) is 60.2 Å². The second-order valence-electron chi connectivity index (χ2n) is 4.40. The van der Waals surface area contributed by atoms with E-state index in [1.165, 1.54) is 0 Å². The number of ether oxygens (including phenoxy) is 1. The fraction of sp³-hybridized carbons (Fsp3) is 0.385. The van der Waals surface area contributed by atoms with Gasteiger partial charge in [-0.15, -0.1) is 0 Å². The first-order valence-electron chi connectivity index (χ1n) is 6.20. The summed E-state index contributed by atoms with van der Waals surface area (Å²) in [6.07, 6.45) is 0.542. The zero-order valence-corrected chi connectivity index (χ0v) is 11.1. The molecule has 0 spiro atoms. The Bertz CT molecular complexity index is 552. The van der Waals surface area contributed by atoms with Crippen LogP contribution in [0.4, 0.5) is 0 Å². The summed E-state index contributed by atoms with van der Waals surface area (Å²) in [7, 11) is 0. The Kier molecular flexibility index (Phi) is 3.77. The second-order valence-corrected chi connectivity index (χ2v) is 4.80. The Labute approximate surface area is 115 Å². The summed E-state index contributed by atoms with van der Waals surface area (Å²) in [6.45, 7) is 2.10. The molecule has 2 heterocycles. The zero-order valence-electron chi connectivity index (χ0n) is 10.3. The fourth-order valence-electron chi connectivity index (χ4n) is 2.02. The Morgan fingerprint density at radius 2 is 2.26 bits per heavy atom. The molecule has 0 radical (unpaired) electrons. The molecule has 1 aliphatic rings. The molecule has 5 nitrogen and oxygen atoms in total. The summed E-state index contributed by atoms with van der Waals surface area (Å²) >= 11 is 6.11. The minimum atomic E-state index is 0.0116. The number of nitrogens with one attached hydrogen (secondary N) is 1. The highest BCUT2D eigenvalue weighted by Crippen LogP contribution is 2.19. The van der Waals surface area contributed by atoms with Gasteiger partial charge in [0.25, 0.3) is 0 Å². The Balaban J connectivity index is 1.73. The van der Waals surface area contributed by atoms with Crippen molar-refractivity contribution in [2.24, 2.45) is 0 Å². The standard InChI is InChI=1S/C13H14ClN3O2/c14-10-4-2-1-3-9(10)7-12-16-13(17-19-12)11-8-18-6-5-15-11/h1-4,11,15H,5-8H2/t11-/m1/s1. The number of morpholine rings is 1. The number of rotatable bonds is 3. The van der Waals surface area contributed by atoms with Crippen LogP contribution in [0.5, 0.6) is 0 Å². The zero-order chi connectivity index (χ0) is 13.1. The molecule has 1 aromatic carbocycles. The van der Waals surface area contributed by atoms with Crippen molar-refractivity contribution in [3.05, 3.63) is 46.6 Å². The van der Waals surface area contributed by atoms with Gasteiger partial charge in [0, 0.05) is 11.6 Å². The third-order valence-electron chi connectivity index (χ3n) is 3.02. The molecule has 1 aromatic heterocycles. The minimum absolute atomic E-state index is 0.0116. The quantitative estimate of drug-likeness (QED) is 0.931. The maximum atomic E-state index is 6.11. The summed E-state index contributed by atoms with van der Waals surface area (Å²) in [5.74, 6) is 1.21. The van der Waals surface area contributed by atoms with Crippen LogP contribution in [0, 0.1) is 0 Å². The van der Waals surface area contributed by atoms with E-state index < -0.39 is 0 Å². The summed E-state index contributed by atoms with van der Waals surface area (Å²) in [5.41, 5.74) is 0.979. The van der Waals surface area contributed by atoms with E-state index in [1.807, 2.05) is 24.3 Å². The largest absolute Gasteiger partial charge is 0.378 e. The van der Waals surface area contributed by atoms with E-state index in [0.29, 0.717) is 29.8 Å². The van der Waals surface area contributed by atoms with Crippen LogP contribution in [-0.4, -0.2) is 29.9 Å². The molecule has 0 amide bonds. The summed E-state index contributed by atoms with van der Waals surface area (Å²) in [4.78, 5) is 4.39. The van der Waals surface area contributed by atoms with Crippen molar-refractivity contribution in [1.82, 2.24) is 15.5 Å². The van der Waals surface area contributed by atoms with E-state index in [-0.39, 0.29) is 6.04 Å². The highest BCUT2D eigenvalue weighted by atomic mass is 35.5. The molecule has 0 unspecified atom stereocenters. The predicted molar refractivity (Wildman–Crippen MR) is 70.1 cm³/mol. The van der Waals surface area contributed by atoms with E-state index in [9.17, 15) is 0 Å². The summed E-state index contributed by atoms with van der Waals surface area (Å²) < 4.78 is 10.6. The first-order valence-corrected chi connectivity index (χ1v) is 6.58. The van der Waals surface area contributed by atoms with Gasteiger partial charge in [-0.2, -0.15) is 4.98 Å². The molecule has 1 atom stereocenters. The number of hydrogen-bond donors (Lipinski definition) is 1. The van der Waals surface area contributed by atoms with Crippen LogP contribution < -0.4 is 5.32 Å². The highest BCUT2D eigenvalue weighted by molar-refractivity contribution is 6.31. The van der Waals surface area contributed by atoms with Crippen molar-refractivity contribution in [3.63, 3.8) is 0 Å². The van der Waals surface area contributed by atoms with Crippen LogP contribution in [-0.2, 0) is 11.2 Å². The lowest BCUT2D eigenvalue weighted by molar-refractivity contribution is 0.0734. The molecular formula is C13H14ClN3O2. The number of nitrogens with zero attached hydrogens (tertiary/aromatic N) is 2. The molecule has 1 aliphatic heterocycles. The first kappa shape index (κ1) is 12.6. The molecule has 1 fully saturated rings. The molecular weight excluding hydrogens is 266 g/mol. The van der Waals surface area contributed by atoms with Crippen molar-refractivity contribution >= 4 is 11.6 Å². The SMILES string of the molecule is Clc1ccccc1Cc1nc([C@H]2COCCN2)no1. The normalized spacial score (nSPS) is 19.5. The third kappa shape index (κ3) is 2.94. The van der Waals surface area contributed by atoms with Crippen LogP contribution in [0.3, 0.4) is 0 Å². The van der Waals surface area contributed by atoms with Crippen LogP contribution in [0.15, 0.2) is 28.8 Å². The van der Waals surface area contributed by atoms with Crippen molar-refractivity contribution in [1.29, 1.82) is 0 Å². The number of benzene rings is 1. The lowest BCUT2D eigenvalue weighted by Crippen LogP contribution is -2.35. The smallest absolute Gasteiger partial charge is 0.231 e. The molecule has 0 aliphatic carbocycles. The number of aromatic nitrogens is 2. The molecule has 3 rings (SSSR count). The van der Waals surface area contributed by atoms with Gasteiger partial charge in [-0.3, -0.25) is 0 Å². The van der Waals surface area contributed by atoms with E-state index >= 15 is 0 Å². The van der Waals surface area contributed by atoms with Crippen molar-refractivity contribution < 1.29 is 9.26 Å². The summed E-state index contributed by atoms with van der Waals surface area (Å²) in [5, 5.41) is 7.99. The molecule has 1 saturated heterocycles. The molecule has 100 valence electrons. The van der Waals surface area contributed by atoms with Gasteiger partial charge in [-0.05, 0) is 11.6 Å². The lowest BCUT2D eigenvalue weighted by atomic mass is 10.1. The molecule has 0 bridgehead atoms. The predicted octanol–water partition coefficient (Wildman–Crippen LogP) is 1.97. The maximum absolute atomic E-state index is 6.11. The Morgan fingerprint density at radius 3 is 3.05 bits per heavy atom. The fourth-order valence-corrected chi connectivity index (χ4v) is 2.22. The van der Waals surface area contributed by atoms with Crippen molar-refractivity contribution in [2.75, 3.05) is 19.8 Å². The molecule has 1 N–H and O–H groups in total. The van der Waals surface area contributed by atoms with Crippen LogP contribution in [0.2, 0.25) is 5.02 Å². The molecule has 2 aromatic rings. The monoisotopic (exact) mass is 279 g/mol. The average Bonchev–Trinajstić information content (AvgIpc) is 2.91. The minimum Gasteiger partial charge on any atom is -0.378 e. The van der Waals surface area contributed by atoms with Gasteiger partial charge in [-0.25, -0.2) is 0 Å². The van der Waals surface area contributed by atoms with Crippen LogP contribution >= 0.6 is 11.6 Å². The van der Waals surface area contributed by atoms with E-state index in [4.69, 9.17) is 20.9 Å². The van der Waals surface area contributed by atoms with Gasteiger partial charge >= 0.3 is 0 Å². The van der Waals surface area contributed by atoms with E-state index in [2.05, 4.69) is 15.5 Å². The van der Waals surface area contributed by atoms with Gasteiger partial charge in [-0.1, -0.05) is 35.0 Å². The second kappa shape index (κ2) is 5.69. The van der Waals surface area contributed by atoms with E-state index in [0.717, 1.165) is 18.7 Å². The van der Waals surface area contributed by atoms with Crippen LogP contribution in [0.25, 0.3) is 0 Å². The van der Waals surface area contributed by atoms with Crippen LogP contribution in [0.1, 0.15) is 23.3 Å². The molecule has 6 heteroatoms. The van der Waals surface area contributed by atoms with Crippen molar-refractivity contribution in [3.8, 4) is 0 Å². The molecule has 19 heavy (non-hydrogen) atoms. The first-order chi connectivity index (χ1) is 9.33. The van der Waals surface area contributed by atoms with E-state index in [1.54, 1.807) is 0 Å². The Morgan fingerprint density at radius 1 is 1.37 bits per heavy atom. The molecule has 0 saturated carbocycles. The maximum Gasteiger partial charge on any atom is 0.231 e. The third-order valence-corrected chi connectivity index (χ3v) is 3.39.